The number of nitrogens with zero attached hydrogens (tertiary/aromatic N) is 2. The van der Waals surface area contributed by atoms with Gasteiger partial charge in [0.15, 0.2) is 0 Å². The Kier molecular flexibility index (Phi) is 6.08. The zero-order valence-electron chi connectivity index (χ0n) is 20.7. The molecule has 5 nitrogen and oxygen atoms in total. The number of ether oxygens (including phenoxy) is 1. The summed E-state index contributed by atoms with van der Waals surface area (Å²) in [7, 11) is 1.62. The maximum Gasteiger partial charge on any atom is 0.323 e. The highest BCUT2D eigenvalue weighted by atomic mass is 16.5. The van der Waals surface area contributed by atoms with Gasteiger partial charge in [-0.1, -0.05) is 62.4 Å². The highest BCUT2D eigenvalue weighted by molar-refractivity contribution is 5.92. The van der Waals surface area contributed by atoms with Gasteiger partial charge in [0.1, 0.15) is 5.75 Å². The van der Waals surface area contributed by atoms with Crippen molar-refractivity contribution in [3.05, 3.63) is 113 Å². The van der Waals surface area contributed by atoms with Gasteiger partial charge >= 0.3 is 6.03 Å². The van der Waals surface area contributed by atoms with Crippen LogP contribution in [0.15, 0.2) is 85.1 Å². The highest BCUT2D eigenvalue weighted by Crippen LogP contribution is 2.38. The van der Waals surface area contributed by atoms with Crippen molar-refractivity contribution in [3.8, 4) is 11.4 Å². The lowest BCUT2D eigenvalue weighted by Crippen LogP contribution is -2.38. The molecule has 4 aromatic rings. The van der Waals surface area contributed by atoms with E-state index in [4.69, 9.17) is 4.74 Å². The third-order valence-electron chi connectivity index (χ3n) is 6.74. The third-order valence-corrected chi connectivity index (χ3v) is 6.74. The number of anilines is 1. The first-order valence-corrected chi connectivity index (χ1v) is 12.0. The molecule has 0 bridgehead atoms. The SMILES string of the molecule is COc1ccc(C)cc1NC(=O)N1Cc2ccccc2-n2cccc2C1c1ccc(C(C)C)cc1. The van der Waals surface area contributed by atoms with Gasteiger partial charge in [-0.25, -0.2) is 4.79 Å². The van der Waals surface area contributed by atoms with E-state index in [1.54, 1.807) is 7.11 Å². The second kappa shape index (κ2) is 9.34. The molecule has 178 valence electrons. The first kappa shape index (κ1) is 22.8. The average Bonchev–Trinajstić information content (AvgIpc) is 3.28. The Hall–Kier alpha value is -3.99. The lowest BCUT2D eigenvalue weighted by Gasteiger charge is -2.31. The molecule has 0 spiro atoms. The number of aromatic nitrogens is 1. The number of rotatable bonds is 4. The number of hydrogen-bond donors (Lipinski definition) is 1. The molecule has 2 heterocycles. The normalized spacial score (nSPS) is 14.8. The number of nitrogens with one attached hydrogen (secondary N) is 1. The minimum Gasteiger partial charge on any atom is -0.495 e. The first-order chi connectivity index (χ1) is 17.0. The minimum absolute atomic E-state index is 0.170. The molecule has 1 unspecified atom stereocenters. The fourth-order valence-corrected chi connectivity index (χ4v) is 4.86. The zero-order valence-corrected chi connectivity index (χ0v) is 20.7. The van der Waals surface area contributed by atoms with Crippen molar-refractivity contribution < 1.29 is 9.53 Å². The quantitative estimate of drug-likeness (QED) is 0.351. The predicted octanol–water partition coefficient (Wildman–Crippen LogP) is 7.05. The summed E-state index contributed by atoms with van der Waals surface area (Å²) in [6, 6.07) is 26.5. The van der Waals surface area contributed by atoms with Gasteiger partial charge in [-0.2, -0.15) is 0 Å². The minimum atomic E-state index is -0.255. The summed E-state index contributed by atoms with van der Waals surface area (Å²) in [6.07, 6.45) is 2.08. The van der Waals surface area contributed by atoms with Crippen molar-refractivity contribution in [1.82, 2.24) is 9.47 Å². The van der Waals surface area contributed by atoms with Crippen LogP contribution in [0.1, 0.15) is 53.8 Å². The topological polar surface area (TPSA) is 46.5 Å². The number of fused-ring (bicyclic) bond motifs is 3. The van der Waals surface area contributed by atoms with Crippen molar-refractivity contribution in [1.29, 1.82) is 0 Å². The van der Waals surface area contributed by atoms with E-state index in [0.29, 0.717) is 23.9 Å². The molecular weight excluding hydrogens is 434 g/mol. The summed E-state index contributed by atoms with van der Waals surface area (Å²) >= 11 is 0. The van der Waals surface area contributed by atoms with E-state index >= 15 is 0 Å². The first-order valence-electron chi connectivity index (χ1n) is 12.0. The number of carbonyl (C=O) groups is 1. The maximum absolute atomic E-state index is 14.0. The number of methoxy groups -OCH3 is 1. The molecule has 0 fully saturated rings. The van der Waals surface area contributed by atoms with Crippen LogP contribution in [0.4, 0.5) is 10.5 Å². The molecule has 5 rings (SSSR count). The summed E-state index contributed by atoms with van der Waals surface area (Å²) in [6.45, 7) is 6.87. The van der Waals surface area contributed by atoms with Gasteiger partial charge in [0, 0.05) is 11.9 Å². The monoisotopic (exact) mass is 465 g/mol. The molecule has 1 aliphatic rings. The molecule has 3 aromatic carbocycles. The van der Waals surface area contributed by atoms with Crippen molar-refractivity contribution in [2.75, 3.05) is 12.4 Å². The molecular formula is C30H31N3O2. The second-order valence-corrected chi connectivity index (χ2v) is 9.42. The summed E-state index contributed by atoms with van der Waals surface area (Å²) in [5, 5.41) is 3.14. The summed E-state index contributed by atoms with van der Waals surface area (Å²) in [5.41, 5.74) is 7.32. The fourth-order valence-electron chi connectivity index (χ4n) is 4.86. The summed E-state index contributed by atoms with van der Waals surface area (Å²) in [5.74, 6) is 1.08. The standard InChI is InChI=1S/C30H31N3O2/c1-20(2)22-12-14-23(15-13-22)29-27-10-7-17-32(27)26-9-6-5-8-24(26)19-33(29)30(34)31-25-18-21(3)11-16-28(25)35-4/h5-18,20,29H,19H2,1-4H3,(H,31,34). The van der Waals surface area contributed by atoms with E-state index in [0.717, 1.165) is 28.1 Å². The number of benzene rings is 3. The Morgan fingerprint density at radius 3 is 2.51 bits per heavy atom. The third kappa shape index (κ3) is 4.30. The van der Waals surface area contributed by atoms with Crippen LogP contribution in [0.5, 0.6) is 5.75 Å². The predicted molar refractivity (Wildman–Crippen MR) is 140 cm³/mol. The number of amides is 2. The number of aryl methyl sites for hydroxylation is 1. The Bertz CT molecular complexity index is 1350. The summed E-state index contributed by atoms with van der Waals surface area (Å²) < 4.78 is 7.73. The molecule has 1 aromatic heterocycles. The molecule has 1 N–H and O–H groups in total. The molecule has 0 saturated heterocycles. The van der Waals surface area contributed by atoms with E-state index in [1.165, 1.54) is 5.56 Å². The van der Waals surface area contributed by atoms with Crippen LogP contribution in [-0.4, -0.2) is 22.6 Å². The summed E-state index contributed by atoms with van der Waals surface area (Å²) in [4.78, 5) is 15.9. The molecule has 5 heteroatoms. The van der Waals surface area contributed by atoms with E-state index < -0.39 is 0 Å². The van der Waals surface area contributed by atoms with Crippen molar-refractivity contribution in [2.24, 2.45) is 0 Å². The molecule has 0 saturated carbocycles. The Morgan fingerprint density at radius 1 is 1.00 bits per heavy atom. The highest BCUT2D eigenvalue weighted by Gasteiger charge is 2.33. The Morgan fingerprint density at radius 2 is 1.77 bits per heavy atom. The van der Waals surface area contributed by atoms with Crippen LogP contribution < -0.4 is 10.1 Å². The molecule has 1 atom stereocenters. The van der Waals surface area contributed by atoms with Gasteiger partial charge in [-0.15, -0.1) is 0 Å². The van der Waals surface area contributed by atoms with Gasteiger partial charge < -0.3 is 19.5 Å². The maximum atomic E-state index is 14.0. The number of hydrogen-bond acceptors (Lipinski definition) is 2. The van der Waals surface area contributed by atoms with E-state index in [1.807, 2.05) is 48.2 Å². The number of urea groups is 1. The van der Waals surface area contributed by atoms with Gasteiger partial charge in [-0.3, -0.25) is 0 Å². The Labute approximate surface area is 207 Å². The van der Waals surface area contributed by atoms with Crippen LogP contribution in [0.2, 0.25) is 0 Å². The average molecular weight is 466 g/mol. The number of carbonyl (C=O) groups excluding carboxylic acids is 1. The van der Waals surface area contributed by atoms with E-state index in [-0.39, 0.29) is 12.1 Å². The Balaban J connectivity index is 1.62. The fraction of sp³-hybridized carbons (Fsp3) is 0.233. The second-order valence-electron chi connectivity index (χ2n) is 9.42. The van der Waals surface area contributed by atoms with Crippen molar-refractivity contribution in [2.45, 2.75) is 39.3 Å². The van der Waals surface area contributed by atoms with E-state index in [2.05, 4.69) is 72.4 Å². The van der Waals surface area contributed by atoms with Gasteiger partial charge in [0.2, 0.25) is 0 Å². The number of para-hydroxylation sites is 1. The molecule has 35 heavy (non-hydrogen) atoms. The van der Waals surface area contributed by atoms with Gasteiger partial charge in [0.05, 0.1) is 31.1 Å². The lowest BCUT2D eigenvalue weighted by atomic mass is 9.97. The largest absolute Gasteiger partial charge is 0.495 e. The molecule has 0 radical (unpaired) electrons. The van der Waals surface area contributed by atoms with Crippen LogP contribution in [0, 0.1) is 6.92 Å². The van der Waals surface area contributed by atoms with Crippen molar-refractivity contribution in [3.63, 3.8) is 0 Å². The molecule has 0 aliphatic carbocycles. The smallest absolute Gasteiger partial charge is 0.323 e. The zero-order chi connectivity index (χ0) is 24.5. The van der Waals surface area contributed by atoms with Crippen LogP contribution in [0.3, 0.4) is 0 Å². The van der Waals surface area contributed by atoms with Crippen LogP contribution >= 0.6 is 0 Å². The van der Waals surface area contributed by atoms with Crippen molar-refractivity contribution >= 4 is 11.7 Å². The van der Waals surface area contributed by atoms with Crippen LogP contribution in [0.25, 0.3) is 5.69 Å². The van der Waals surface area contributed by atoms with Crippen LogP contribution in [-0.2, 0) is 6.54 Å². The molecule has 2 amide bonds. The van der Waals surface area contributed by atoms with Gasteiger partial charge in [0.25, 0.3) is 0 Å². The van der Waals surface area contributed by atoms with E-state index in [9.17, 15) is 4.79 Å². The lowest BCUT2D eigenvalue weighted by molar-refractivity contribution is 0.194. The molecule has 1 aliphatic heterocycles. The van der Waals surface area contributed by atoms with Gasteiger partial charge in [-0.05, 0) is 65.4 Å².